The summed E-state index contributed by atoms with van der Waals surface area (Å²) in [5, 5.41) is 9.61. The molecule has 0 aliphatic heterocycles. The van der Waals surface area contributed by atoms with Gasteiger partial charge in [-0.25, -0.2) is 4.98 Å². The summed E-state index contributed by atoms with van der Waals surface area (Å²) in [4.78, 5) is 4.65. The SMILES string of the molecule is CCn1c(/C(C#N)=C\c2ccccc2C)nc2ccccc21. The van der Waals surface area contributed by atoms with E-state index in [0.29, 0.717) is 5.57 Å². The van der Waals surface area contributed by atoms with Gasteiger partial charge in [-0.15, -0.1) is 0 Å². The highest BCUT2D eigenvalue weighted by molar-refractivity contribution is 5.91. The lowest BCUT2D eigenvalue weighted by atomic mass is 10.1. The maximum absolute atomic E-state index is 9.61. The summed E-state index contributed by atoms with van der Waals surface area (Å²) in [7, 11) is 0. The van der Waals surface area contributed by atoms with Crippen molar-refractivity contribution in [2.24, 2.45) is 0 Å². The first-order valence-electron chi connectivity index (χ1n) is 7.37. The molecule has 0 atom stereocenters. The van der Waals surface area contributed by atoms with Crippen molar-refractivity contribution < 1.29 is 0 Å². The van der Waals surface area contributed by atoms with Crippen molar-refractivity contribution in [1.29, 1.82) is 5.26 Å². The number of nitriles is 1. The highest BCUT2D eigenvalue weighted by Gasteiger charge is 2.13. The molecular formula is C19H17N3. The topological polar surface area (TPSA) is 41.6 Å². The Balaban J connectivity index is 2.20. The van der Waals surface area contributed by atoms with Gasteiger partial charge in [0.2, 0.25) is 0 Å². The Bertz CT molecular complexity index is 894. The summed E-state index contributed by atoms with van der Waals surface area (Å²) in [5.74, 6) is 0.731. The van der Waals surface area contributed by atoms with Gasteiger partial charge in [0.25, 0.3) is 0 Å². The van der Waals surface area contributed by atoms with Crippen LogP contribution in [0.2, 0.25) is 0 Å². The summed E-state index contributed by atoms with van der Waals surface area (Å²) in [6.07, 6.45) is 1.92. The summed E-state index contributed by atoms with van der Waals surface area (Å²) in [6, 6.07) is 18.3. The molecule has 0 bridgehead atoms. The van der Waals surface area contributed by atoms with Crippen molar-refractivity contribution >= 4 is 22.7 Å². The molecule has 0 spiro atoms. The number of rotatable bonds is 3. The quantitative estimate of drug-likeness (QED) is 0.669. The normalized spacial score (nSPS) is 11.6. The molecule has 3 rings (SSSR count). The number of benzene rings is 2. The molecule has 108 valence electrons. The summed E-state index contributed by atoms with van der Waals surface area (Å²) >= 11 is 0. The number of hydrogen-bond acceptors (Lipinski definition) is 2. The molecule has 3 nitrogen and oxygen atoms in total. The van der Waals surface area contributed by atoms with Crippen molar-refractivity contribution in [2.45, 2.75) is 20.4 Å². The Morgan fingerprint density at radius 1 is 1.18 bits per heavy atom. The minimum atomic E-state index is 0.590. The van der Waals surface area contributed by atoms with Gasteiger partial charge in [-0.1, -0.05) is 36.4 Å². The third-order valence-corrected chi connectivity index (χ3v) is 3.82. The second-order valence-electron chi connectivity index (χ2n) is 5.19. The lowest BCUT2D eigenvalue weighted by molar-refractivity contribution is 0.775. The Labute approximate surface area is 130 Å². The summed E-state index contributed by atoms with van der Waals surface area (Å²) in [6.45, 7) is 4.90. The van der Waals surface area contributed by atoms with E-state index in [2.05, 4.69) is 22.5 Å². The van der Waals surface area contributed by atoms with E-state index in [0.717, 1.165) is 34.5 Å². The number of aromatic nitrogens is 2. The van der Waals surface area contributed by atoms with E-state index in [4.69, 9.17) is 0 Å². The van der Waals surface area contributed by atoms with Gasteiger partial charge >= 0.3 is 0 Å². The van der Waals surface area contributed by atoms with Crippen LogP contribution in [0.4, 0.5) is 0 Å². The highest BCUT2D eigenvalue weighted by Crippen LogP contribution is 2.23. The van der Waals surface area contributed by atoms with Crippen molar-refractivity contribution in [3.8, 4) is 6.07 Å². The third kappa shape index (κ3) is 2.40. The average molecular weight is 287 g/mol. The lowest BCUT2D eigenvalue weighted by Crippen LogP contribution is -2.00. The molecule has 3 aromatic rings. The average Bonchev–Trinajstić information content (AvgIpc) is 2.92. The fraction of sp³-hybridized carbons (Fsp3) is 0.158. The highest BCUT2D eigenvalue weighted by atomic mass is 15.1. The van der Waals surface area contributed by atoms with Crippen LogP contribution < -0.4 is 0 Å². The van der Waals surface area contributed by atoms with E-state index < -0.39 is 0 Å². The predicted molar refractivity (Wildman–Crippen MR) is 90.1 cm³/mol. The second-order valence-corrected chi connectivity index (χ2v) is 5.19. The number of para-hydroxylation sites is 2. The van der Waals surface area contributed by atoms with E-state index in [1.807, 2.05) is 61.5 Å². The van der Waals surface area contributed by atoms with Crippen molar-refractivity contribution in [3.63, 3.8) is 0 Å². The zero-order valence-electron chi connectivity index (χ0n) is 12.7. The Morgan fingerprint density at radius 2 is 1.91 bits per heavy atom. The lowest BCUT2D eigenvalue weighted by Gasteiger charge is -2.06. The largest absolute Gasteiger partial charge is 0.324 e. The first-order valence-corrected chi connectivity index (χ1v) is 7.37. The molecule has 0 radical (unpaired) electrons. The van der Waals surface area contributed by atoms with Crippen LogP contribution in [-0.2, 0) is 6.54 Å². The predicted octanol–water partition coefficient (Wildman–Crippen LogP) is 4.43. The number of imidazole rings is 1. The molecule has 3 heteroatoms. The van der Waals surface area contributed by atoms with Crippen LogP contribution in [0.5, 0.6) is 0 Å². The number of nitrogens with zero attached hydrogens (tertiary/aromatic N) is 3. The smallest absolute Gasteiger partial charge is 0.151 e. The molecule has 0 saturated carbocycles. The summed E-state index contributed by atoms with van der Waals surface area (Å²) in [5.41, 5.74) is 4.77. The molecule has 22 heavy (non-hydrogen) atoms. The van der Waals surface area contributed by atoms with Crippen molar-refractivity contribution in [1.82, 2.24) is 9.55 Å². The Morgan fingerprint density at radius 3 is 2.64 bits per heavy atom. The van der Waals surface area contributed by atoms with Crippen LogP contribution in [0.1, 0.15) is 23.9 Å². The van der Waals surface area contributed by atoms with Gasteiger partial charge in [-0.2, -0.15) is 5.26 Å². The zero-order chi connectivity index (χ0) is 15.5. The number of fused-ring (bicyclic) bond motifs is 1. The van der Waals surface area contributed by atoms with Gasteiger partial charge in [0, 0.05) is 6.54 Å². The first kappa shape index (κ1) is 14.1. The van der Waals surface area contributed by atoms with Gasteiger partial charge in [-0.3, -0.25) is 0 Å². The fourth-order valence-electron chi connectivity index (χ4n) is 2.65. The van der Waals surface area contributed by atoms with Crippen LogP contribution in [-0.4, -0.2) is 9.55 Å². The molecule has 0 aliphatic rings. The Kier molecular flexibility index (Phi) is 3.76. The van der Waals surface area contributed by atoms with E-state index >= 15 is 0 Å². The summed E-state index contributed by atoms with van der Waals surface area (Å²) < 4.78 is 2.09. The van der Waals surface area contributed by atoms with Crippen LogP contribution in [0.25, 0.3) is 22.7 Å². The molecule has 0 amide bonds. The van der Waals surface area contributed by atoms with Crippen LogP contribution in [0, 0.1) is 18.3 Å². The van der Waals surface area contributed by atoms with E-state index in [9.17, 15) is 5.26 Å². The van der Waals surface area contributed by atoms with Crippen molar-refractivity contribution in [2.75, 3.05) is 0 Å². The molecule has 0 aliphatic carbocycles. The Hall–Kier alpha value is -2.86. The fourth-order valence-corrected chi connectivity index (χ4v) is 2.65. The van der Waals surface area contributed by atoms with Gasteiger partial charge in [-0.05, 0) is 43.2 Å². The van der Waals surface area contributed by atoms with E-state index in [1.54, 1.807) is 0 Å². The third-order valence-electron chi connectivity index (χ3n) is 3.82. The molecule has 0 saturated heterocycles. The number of allylic oxidation sites excluding steroid dienone is 1. The molecule has 2 aromatic carbocycles. The molecule has 1 aromatic heterocycles. The minimum absolute atomic E-state index is 0.590. The zero-order valence-corrected chi connectivity index (χ0v) is 12.7. The van der Waals surface area contributed by atoms with Gasteiger partial charge in [0.15, 0.2) is 5.82 Å². The molecule has 0 fully saturated rings. The number of hydrogen-bond donors (Lipinski definition) is 0. The molecule has 1 heterocycles. The molecule has 0 N–H and O–H groups in total. The minimum Gasteiger partial charge on any atom is -0.324 e. The van der Waals surface area contributed by atoms with Crippen LogP contribution in [0.3, 0.4) is 0 Å². The first-order chi connectivity index (χ1) is 10.7. The molecular weight excluding hydrogens is 270 g/mol. The monoisotopic (exact) mass is 287 g/mol. The standard InChI is InChI=1S/C19H17N3/c1-3-22-18-11-7-6-10-17(18)21-19(22)16(13-20)12-15-9-5-4-8-14(15)2/h4-12H,3H2,1-2H3/b16-12-. The maximum atomic E-state index is 9.61. The van der Waals surface area contributed by atoms with E-state index in [1.165, 1.54) is 0 Å². The second kappa shape index (κ2) is 5.87. The van der Waals surface area contributed by atoms with Crippen LogP contribution >= 0.6 is 0 Å². The van der Waals surface area contributed by atoms with Gasteiger partial charge < -0.3 is 4.57 Å². The number of aryl methyl sites for hydroxylation is 2. The van der Waals surface area contributed by atoms with Crippen LogP contribution in [0.15, 0.2) is 48.5 Å². The maximum Gasteiger partial charge on any atom is 0.151 e. The van der Waals surface area contributed by atoms with Crippen molar-refractivity contribution in [3.05, 3.63) is 65.5 Å². The van der Waals surface area contributed by atoms with E-state index in [-0.39, 0.29) is 0 Å². The van der Waals surface area contributed by atoms with Gasteiger partial charge in [0.05, 0.1) is 16.6 Å². The molecule has 0 unspecified atom stereocenters. The van der Waals surface area contributed by atoms with Gasteiger partial charge in [0.1, 0.15) is 6.07 Å².